The fraction of sp³-hybridized carbons (Fsp3) is 0.405. The van der Waals surface area contributed by atoms with Gasteiger partial charge in [0.1, 0.15) is 22.2 Å². The number of rotatable bonds is 7. The molecule has 1 spiro atoms. The molecule has 2 aromatic heterocycles. The van der Waals surface area contributed by atoms with E-state index in [9.17, 15) is 19.2 Å². The number of amides is 3. The molecule has 0 saturated carbocycles. The van der Waals surface area contributed by atoms with Gasteiger partial charge in [-0.15, -0.1) is 11.3 Å². The number of carbonyl (C=O) groups excluding carboxylic acids is 3. The quantitative estimate of drug-likeness (QED) is 0.290. The summed E-state index contributed by atoms with van der Waals surface area (Å²) in [7, 11) is 5.16. The molecule has 1 unspecified atom stereocenters. The lowest BCUT2D eigenvalue weighted by Crippen LogP contribution is -2.60. The van der Waals surface area contributed by atoms with Crippen LogP contribution in [-0.4, -0.2) is 78.5 Å². The number of thiophene rings is 1. The molecule has 3 amide bonds. The van der Waals surface area contributed by atoms with Gasteiger partial charge < -0.3 is 23.8 Å². The summed E-state index contributed by atoms with van der Waals surface area (Å²) in [6.45, 7) is 4.92. The fourth-order valence-corrected chi connectivity index (χ4v) is 9.00. The largest absolute Gasteiger partial charge is 0.496 e. The number of aromatic nitrogens is 1. The second-order valence-electron chi connectivity index (χ2n) is 13.9. The second kappa shape index (κ2) is 12.0. The number of benzene rings is 2. The Labute approximate surface area is 288 Å². The van der Waals surface area contributed by atoms with Crippen molar-refractivity contribution in [3.63, 3.8) is 0 Å². The zero-order valence-electron chi connectivity index (χ0n) is 27.9. The monoisotopic (exact) mass is 681 g/mol. The minimum Gasteiger partial charge on any atom is -0.496 e. The number of ether oxygens (including phenoxy) is 2. The maximum absolute atomic E-state index is 13.3. The number of hydrogen-bond acceptors (Lipinski definition) is 9. The number of likely N-dealkylation sites (tertiary alicyclic amines) is 1. The number of pyridine rings is 1. The van der Waals surface area contributed by atoms with E-state index in [1.165, 1.54) is 11.3 Å². The Morgan fingerprint density at radius 2 is 1.69 bits per heavy atom. The van der Waals surface area contributed by atoms with Crippen molar-refractivity contribution >= 4 is 44.8 Å². The molecule has 254 valence electrons. The van der Waals surface area contributed by atoms with E-state index in [1.54, 1.807) is 30.7 Å². The van der Waals surface area contributed by atoms with Crippen molar-refractivity contribution in [1.82, 2.24) is 19.7 Å². The molecule has 0 radical (unpaired) electrons. The van der Waals surface area contributed by atoms with E-state index in [2.05, 4.69) is 33.3 Å². The van der Waals surface area contributed by atoms with Gasteiger partial charge in [0.2, 0.25) is 11.8 Å². The lowest BCUT2D eigenvalue weighted by Gasteiger charge is -2.55. The molecule has 3 saturated heterocycles. The summed E-state index contributed by atoms with van der Waals surface area (Å²) in [6.07, 6.45) is 4.65. The lowest BCUT2D eigenvalue weighted by atomic mass is 9.71. The number of piperidine rings is 2. The van der Waals surface area contributed by atoms with E-state index in [4.69, 9.17) is 9.47 Å². The molecule has 4 aromatic rings. The molecule has 11 nitrogen and oxygen atoms in total. The number of nitrogens with zero attached hydrogens (tertiary/aromatic N) is 4. The Balaban J connectivity index is 0.925. The van der Waals surface area contributed by atoms with Gasteiger partial charge in [-0.1, -0.05) is 6.07 Å². The van der Waals surface area contributed by atoms with Gasteiger partial charge in [-0.25, -0.2) is 0 Å². The summed E-state index contributed by atoms with van der Waals surface area (Å²) >= 11 is 1.46. The summed E-state index contributed by atoms with van der Waals surface area (Å²) in [5.74, 6) is 0.734. The predicted octanol–water partition coefficient (Wildman–Crippen LogP) is 4.15. The van der Waals surface area contributed by atoms with Gasteiger partial charge in [0.25, 0.3) is 11.5 Å². The van der Waals surface area contributed by atoms with Crippen molar-refractivity contribution in [2.75, 3.05) is 45.3 Å². The molecule has 8 rings (SSSR count). The average molecular weight is 682 g/mol. The van der Waals surface area contributed by atoms with Gasteiger partial charge in [-0.3, -0.25) is 29.4 Å². The van der Waals surface area contributed by atoms with Gasteiger partial charge >= 0.3 is 0 Å². The maximum atomic E-state index is 13.3. The normalized spacial score (nSPS) is 20.5. The Morgan fingerprint density at radius 3 is 2.39 bits per heavy atom. The zero-order valence-corrected chi connectivity index (χ0v) is 28.7. The first-order chi connectivity index (χ1) is 23.7. The molecule has 49 heavy (non-hydrogen) atoms. The molecule has 1 N–H and O–H groups in total. The van der Waals surface area contributed by atoms with Crippen LogP contribution in [-0.2, 0) is 29.7 Å². The highest BCUT2D eigenvalue weighted by atomic mass is 32.1. The first kappa shape index (κ1) is 31.6. The Morgan fingerprint density at radius 1 is 0.959 bits per heavy atom. The van der Waals surface area contributed by atoms with Crippen LogP contribution in [0, 0.1) is 5.41 Å². The third-order valence-corrected chi connectivity index (χ3v) is 11.8. The molecule has 12 heteroatoms. The third kappa shape index (κ3) is 5.37. The number of hydrogen-bond donors (Lipinski definition) is 1. The third-order valence-electron chi connectivity index (χ3n) is 10.9. The van der Waals surface area contributed by atoms with E-state index < -0.39 is 6.04 Å². The molecule has 0 aliphatic carbocycles. The Kier molecular flexibility index (Phi) is 7.75. The van der Waals surface area contributed by atoms with Gasteiger partial charge in [0.15, 0.2) is 0 Å². The van der Waals surface area contributed by atoms with E-state index >= 15 is 0 Å². The van der Waals surface area contributed by atoms with Crippen molar-refractivity contribution in [3.05, 3.63) is 75.0 Å². The van der Waals surface area contributed by atoms with Crippen LogP contribution >= 0.6 is 11.3 Å². The van der Waals surface area contributed by atoms with Gasteiger partial charge in [0, 0.05) is 73.5 Å². The topological polar surface area (TPSA) is 113 Å². The van der Waals surface area contributed by atoms with Gasteiger partial charge in [-0.05, 0) is 79.2 Å². The molecule has 3 fully saturated rings. The number of carbonyl (C=O) groups is 3. The van der Waals surface area contributed by atoms with E-state index in [-0.39, 0.29) is 35.1 Å². The summed E-state index contributed by atoms with van der Waals surface area (Å²) in [5, 5.41) is 5.26. The smallest absolute Gasteiger partial charge is 0.268 e. The first-order valence-corrected chi connectivity index (χ1v) is 17.6. The summed E-state index contributed by atoms with van der Waals surface area (Å²) < 4.78 is 14.2. The molecule has 2 aromatic carbocycles. The summed E-state index contributed by atoms with van der Waals surface area (Å²) in [6, 6.07) is 11.6. The zero-order chi connectivity index (χ0) is 34.0. The van der Waals surface area contributed by atoms with Crippen molar-refractivity contribution < 1.29 is 23.9 Å². The second-order valence-corrected chi connectivity index (χ2v) is 14.8. The van der Waals surface area contributed by atoms with Crippen LogP contribution < -0.4 is 25.2 Å². The highest BCUT2D eigenvalue weighted by molar-refractivity contribution is 7.17. The lowest BCUT2D eigenvalue weighted by molar-refractivity contribution is -0.136. The van der Waals surface area contributed by atoms with Crippen LogP contribution in [0.15, 0.2) is 52.8 Å². The van der Waals surface area contributed by atoms with Crippen molar-refractivity contribution in [2.45, 2.75) is 44.8 Å². The van der Waals surface area contributed by atoms with Crippen LogP contribution in [0.1, 0.15) is 47.2 Å². The van der Waals surface area contributed by atoms with Gasteiger partial charge in [-0.2, -0.15) is 0 Å². The highest BCUT2D eigenvalue weighted by Crippen LogP contribution is 2.45. The molecular weight excluding hydrogens is 643 g/mol. The standard InChI is InChI=1S/C37H39N5O6S/c1-39-18-27(25-8-13-49-33(25)36(39)46)23-14-30(47-2)28(31(15-23)48-3)19-40-11-9-37(10-12-40)20-41(21-37)24-5-4-22-17-42(35(45)26(22)16-24)29-6-7-32(43)38-34(29)44/h4-5,8,13-16,18,29H,6-7,9-12,17,19-21H2,1-3H3,(H,38,43,44). The SMILES string of the molecule is COc1cc(-c2cn(C)c(=O)c3sccc23)cc(OC)c1CN1CCC2(CC1)CN(c1ccc3c(c1)C(=O)N(C1CCC(=O)NC1=O)C3)C2. The number of imide groups is 1. The van der Waals surface area contributed by atoms with E-state index in [0.717, 1.165) is 88.5 Å². The molecular formula is C37H39N5O6S. The molecule has 6 heterocycles. The van der Waals surface area contributed by atoms with E-state index in [1.807, 2.05) is 29.8 Å². The minimum absolute atomic E-state index is 0.00232. The highest BCUT2D eigenvalue weighted by Gasteiger charge is 2.46. The van der Waals surface area contributed by atoms with E-state index in [0.29, 0.717) is 25.1 Å². The number of anilines is 1. The van der Waals surface area contributed by atoms with Crippen LogP contribution in [0.3, 0.4) is 0 Å². The molecule has 4 aliphatic heterocycles. The van der Waals surface area contributed by atoms with Crippen LogP contribution in [0.4, 0.5) is 5.69 Å². The molecule has 4 aliphatic rings. The van der Waals surface area contributed by atoms with Crippen molar-refractivity contribution in [2.24, 2.45) is 12.5 Å². The average Bonchev–Trinajstić information content (AvgIpc) is 3.71. The van der Waals surface area contributed by atoms with Crippen LogP contribution in [0.2, 0.25) is 0 Å². The Hall–Kier alpha value is -4.68. The van der Waals surface area contributed by atoms with Crippen LogP contribution in [0.25, 0.3) is 21.2 Å². The minimum atomic E-state index is -0.603. The van der Waals surface area contributed by atoms with Crippen molar-refractivity contribution in [3.8, 4) is 22.6 Å². The Bertz CT molecular complexity index is 2050. The number of aryl methyl sites for hydroxylation is 1. The predicted molar refractivity (Wildman–Crippen MR) is 187 cm³/mol. The first-order valence-electron chi connectivity index (χ1n) is 16.7. The maximum Gasteiger partial charge on any atom is 0.268 e. The van der Waals surface area contributed by atoms with Gasteiger partial charge in [0.05, 0.1) is 19.8 Å². The van der Waals surface area contributed by atoms with Crippen LogP contribution in [0.5, 0.6) is 11.5 Å². The summed E-state index contributed by atoms with van der Waals surface area (Å²) in [5.41, 5.74) is 5.79. The number of methoxy groups -OCH3 is 2. The molecule has 1 atom stereocenters. The van der Waals surface area contributed by atoms with Crippen molar-refractivity contribution in [1.29, 1.82) is 0 Å². The number of nitrogens with one attached hydrogen (secondary N) is 1. The number of fused-ring (bicyclic) bond motifs is 2. The fourth-order valence-electron chi connectivity index (χ4n) is 8.11. The molecule has 0 bridgehead atoms. The summed E-state index contributed by atoms with van der Waals surface area (Å²) in [4.78, 5) is 56.5.